The summed E-state index contributed by atoms with van der Waals surface area (Å²) in [4.78, 5) is 13.9. The van der Waals surface area contributed by atoms with Gasteiger partial charge in [-0.1, -0.05) is 0 Å². The van der Waals surface area contributed by atoms with Crippen molar-refractivity contribution >= 4 is 21.4 Å². The zero-order valence-corrected chi connectivity index (χ0v) is 13.6. The van der Waals surface area contributed by atoms with Gasteiger partial charge in [0.2, 0.25) is 0 Å². The molecule has 0 atom stereocenters. The first-order chi connectivity index (χ1) is 9.44. The van der Waals surface area contributed by atoms with Crippen LogP contribution >= 0.6 is 0 Å². The largest absolute Gasteiger partial charge is 0.399 e. The van der Waals surface area contributed by atoms with Gasteiger partial charge in [-0.15, -0.1) is 0 Å². The van der Waals surface area contributed by atoms with Crippen molar-refractivity contribution in [3.8, 4) is 0 Å². The van der Waals surface area contributed by atoms with Crippen molar-refractivity contribution in [3.63, 3.8) is 0 Å². The molecule has 21 heavy (non-hydrogen) atoms. The SMILES string of the molecule is CCN(CC(C)(C)O)C(=O)c1cc(N)cc(S(C)(=O)=O)c1. The molecule has 3 N–H and O–H groups in total. The Labute approximate surface area is 125 Å². The Kier molecular flexibility index (Phi) is 5.01. The van der Waals surface area contributed by atoms with Crippen LogP contribution in [-0.4, -0.2) is 49.3 Å². The van der Waals surface area contributed by atoms with Crippen LogP contribution in [0.15, 0.2) is 23.1 Å². The minimum absolute atomic E-state index is 0.00478. The molecule has 6 nitrogen and oxygen atoms in total. The molecular formula is C14H22N2O4S. The van der Waals surface area contributed by atoms with E-state index in [1.807, 2.05) is 0 Å². The Balaban J connectivity index is 3.20. The van der Waals surface area contributed by atoms with Gasteiger partial charge in [0, 0.05) is 30.6 Å². The summed E-state index contributed by atoms with van der Waals surface area (Å²) in [5.74, 6) is -0.364. The number of likely N-dealkylation sites (N-methyl/N-ethyl adjacent to an activating group) is 1. The predicted molar refractivity (Wildman–Crippen MR) is 81.8 cm³/mol. The molecule has 0 spiro atoms. The number of benzene rings is 1. The third-order valence-electron chi connectivity index (χ3n) is 2.85. The number of carbonyl (C=O) groups is 1. The number of amides is 1. The minimum atomic E-state index is -3.45. The zero-order valence-electron chi connectivity index (χ0n) is 12.8. The van der Waals surface area contributed by atoms with E-state index in [0.29, 0.717) is 6.54 Å². The number of carbonyl (C=O) groups excluding carboxylic acids is 1. The van der Waals surface area contributed by atoms with E-state index in [1.165, 1.54) is 23.1 Å². The molecular weight excluding hydrogens is 292 g/mol. The highest BCUT2D eigenvalue weighted by Gasteiger charge is 2.23. The van der Waals surface area contributed by atoms with Crippen LogP contribution in [0.2, 0.25) is 0 Å². The van der Waals surface area contributed by atoms with Gasteiger partial charge in [0.15, 0.2) is 9.84 Å². The Hall–Kier alpha value is -1.60. The highest BCUT2D eigenvalue weighted by atomic mass is 32.2. The first kappa shape index (κ1) is 17.5. The van der Waals surface area contributed by atoms with Gasteiger partial charge in [-0.3, -0.25) is 4.79 Å². The van der Waals surface area contributed by atoms with E-state index in [9.17, 15) is 18.3 Å². The standard InChI is InChI=1S/C14H22N2O4S/c1-5-16(9-14(2,3)18)13(17)10-6-11(15)8-12(7-10)21(4,19)20/h6-8,18H,5,9,15H2,1-4H3. The van der Waals surface area contributed by atoms with Crippen LogP contribution in [0.25, 0.3) is 0 Å². The zero-order chi connectivity index (χ0) is 16.4. The van der Waals surface area contributed by atoms with Gasteiger partial charge in [0.05, 0.1) is 10.5 Å². The third kappa shape index (κ3) is 5.02. The van der Waals surface area contributed by atoms with E-state index in [1.54, 1.807) is 20.8 Å². The fourth-order valence-corrected chi connectivity index (χ4v) is 2.63. The number of hydrogen-bond acceptors (Lipinski definition) is 5. The average molecular weight is 314 g/mol. The van der Waals surface area contributed by atoms with Gasteiger partial charge in [-0.25, -0.2) is 8.42 Å². The number of anilines is 1. The second kappa shape index (κ2) is 6.03. The van der Waals surface area contributed by atoms with Crippen LogP contribution in [0, 0.1) is 0 Å². The van der Waals surface area contributed by atoms with Crippen LogP contribution in [0.3, 0.4) is 0 Å². The average Bonchev–Trinajstić information content (AvgIpc) is 2.32. The molecule has 0 aromatic heterocycles. The van der Waals surface area contributed by atoms with Gasteiger partial charge < -0.3 is 15.7 Å². The van der Waals surface area contributed by atoms with Crippen molar-refractivity contribution in [1.82, 2.24) is 4.90 Å². The van der Waals surface area contributed by atoms with E-state index < -0.39 is 15.4 Å². The molecule has 0 aliphatic rings. The number of nitrogens with zero attached hydrogens (tertiary/aromatic N) is 1. The first-order valence-electron chi connectivity index (χ1n) is 6.56. The van der Waals surface area contributed by atoms with E-state index in [0.717, 1.165) is 6.26 Å². The lowest BCUT2D eigenvalue weighted by Gasteiger charge is -2.28. The monoisotopic (exact) mass is 314 g/mol. The Morgan fingerprint density at radius 2 is 1.90 bits per heavy atom. The van der Waals surface area contributed by atoms with Crippen LogP contribution in [-0.2, 0) is 9.84 Å². The van der Waals surface area contributed by atoms with Gasteiger partial charge in [0.25, 0.3) is 5.91 Å². The van der Waals surface area contributed by atoms with E-state index in [-0.39, 0.29) is 28.6 Å². The molecule has 1 amide bonds. The van der Waals surface area contributed by atoms with Crippen molar-refractivity contribution in [2.45, 2.75) is 31.3 Å². The van der Waals surface area contributed by atoms with Crippen molar-refractivity contribution in [3.05, 3.63) is 23.8 Å². The van der Waals surface area contributed by atoms with Crippen LogP contribution in [0.1, 0.15) is 31.1 Å². The molecule has 0 aliphatic carbocycles. The summed E-state index contributed by atoms with van der Waals surface area (Å²) in [6.45, 7) is 5.53. The normalized spacial score (nSPS) is 12.2. The van der Waals surface area contributed by atoms with Crippen LogP contribution in [0.4, 0.5) is 5.69 Å². The quantitative estimate of drug-likeness (QED) is 0.787. The molecule has 0 aliphatic heterocycles. The third-order valence-corrected chi connectivity index (χ3v) is 3.94. The van der Waals surface area contributed by atoms with Crippen molar-refractivity contribution in [1.29, 1.82) is 0 Å². The summed E-state index contributed by atoms with van der Waals surface area (Å²) >= 11 is 0. The molecule has 1 rings (SSSR count). The minimum Gasteiger partial charge on any atom is -0.399 e. The molecule has 0 saturated carbocycles. The fraction of sp³-hybridized carbons (Fsp3) is 0.500. The maximum atomic E-state index is 12.4. The van der Waals surface area contributed by atoms with E-state index >= 15 is 0 Å². The van der Waals surface area contributed by atoms with E-state index in [4.69, 9.17) is 5.73 Å². The fourth-order valence-electron chi connectivity index (χ4n) is 1.94. The van der Waals surface area contributed by atoms with E-state index in [2.05, 4.69) is 0 Å². The predicted octanol–water partition coefficient (Wildman–Crippen LogP) is 0.905. The lowest BCUT2D eigenvalue weighted by Crippen LogP contribution is -2.42. The van der Waals surface area contributed by atoms with Gasteiger partial charge in [-0.05, 0) is 39.0 Å². The summed E-state index contributed by atoms with van der Waals surface area (Å²) in [7, 11) is -3.45. The molecule has 0 heterocycles. The molecule has 0 fully saturated rings. The Morgan fingerprint density at radius 1 is 1.33 bits per heavy atom. The second-order valence-corrected chi connectivity index (χ2v) is 7.71. The van der Waals surface area contributed by atoms with Crippen LogP contribution < -0.4 is 5.73 Å². The highest BCUT2D eigenvalue weighted by molar-refractivity contribution is 7.90. The molecule has 1 aromatic rings. The van der Waals surface area contributed by atoms with Crippen LogP contribution in [0.5, 0.6) is 0 Å². The molecule has 118 valence electrons. The topological polar surface area (TPSA) is 101 Å². The Morgan fingerprint density at radius 3 is 2.33 bits per heavy atom. The molecule has 0 unspecified atom stereocenters. The summed E-state index contributed by atoms with van der Waals surface area (Å²) in [5.41, 5.74) is 5.05. The molecule has 0 radical (unpaired) electrons. The smallest absolute Gasteiger partial charge is 0.254 e. The summed E-state index contributed by atoms with van der Waals surface area (Å²) < 4.78 is 23.2. The number of hydrogen-bond donors (Lipinski definition) is 2. The second-order valence-electron chi connectivity index (χ2n) is 5.69. The first-order valence-corrected chi connectivity index (χ1v) is 8.45. The lowest BCUT2D eigenvalue weighted by molar-refractivity contribution is 0.0314. The molecule has 0 bridgehead atoms. The summed E-state index contributed by atoms with van der Waals surface area (Å²) in [5, 5.41) is 9.84. The number of sulfone groups is 1. The number of nitrogens with two attached hydrogens (primary N) is 1. The maximum absolute atomic E-state index is 12.4. The molecule has 1 aromatic carbocycles. The number of nitrogen functional groups attached to an aromatic ring is 1. The summed E-state index contributed by atoms with van der Waals surface area (Å²) in [6, 6.07) is 4.06. The number of aliphatic hydroxyl groups is 1. The van der Waals surface area contributed by atoms with Gasteiger partial charge >= 0.3 is 0 Å². The lowest BCUT2D eigenvalue weighted by atomic mass is 10.1. The summed E-state index contributed by atoms with van der Waals surface area (Å²) in [6.07, 6.45) is 1.06. The molecule has 0 saturated heterocycles. The van der Waals surface area contributed by atoms with Crippen molar-refractivity contribution < 1.29 is 18.3 Å². The highest BCUT2D eigenvalue weighted by Crippen LogP contribution is 2.19. The van der Waals surface area contributed by atoms with Crippen molar-refractivity contribution in [2.24, 2.45) is 0 Å². The van der Waals surface area contributed by atoms with Gasteiger partial charge in [0.1, 0.15) is 0 Å². The van der Waals surface area contributed by atoms with Crippen molar-refractivity contribution in [2.75, 3.05) is 25.1 Å². The maximum Gasteiger partial charge on any atom is 0.254 e. The van der Waals surface area contributed by atoms with Gasteiger partial charge in [-0.2, -0.15) is 0 Å². The Bertz CT molecular complexity index is 633. The molecule has 7 heteroatoms. The number of rotatable bonds is 5.